The molecule has 0 unspecified atom stereocenters. The van der Waals surface area contributed by atoms with Gasteiger partial charge >= 0.3 is 0 Å². The Labute approximate surface area is 90.0 Å². The van der Waals surface area contributed by atoms with Crippen LogP contribution in [-0.2, 0) is 14.6 Å². The van der Waals surface area contributed by atoms with Crippen molar-refractivity contribution >= 4 is 16.1 Å². The molecule has 0 aromatic heterocycles. The summed E-state index contributed by atoms with van der Waals surface area (Å²) in [5.41, 5.74) is 1.64. The van der Waals surface area contributed by atoms with Gasteiger partial charge in [0.05, 0.1) is 10.6 Å². The molecule has 1 aromatic carbocycles. The van der Waals surface area contributed by atoms with Crippen LogP contribution >= 0.6 is 0 Å². The van der Waals surface area contributed by atoms with Crippen molar-refractivity contribution in [2.24, 2.45) is 0 Å². The maximum Gasteiger partial charge on any atom is 0.179 e. The van der Waals surface area contributed by atoms with Crippen molar-refractivity contribution in [3.63, 3.8) is 0 Å². The van der Waals surface area contributed by atoms with Gasteiger partial charge in [-0.05, 0) is 31.0 Å². The topological polar surface area (TPSA) is 51.2 Å². The van der Waals surface area contributed by atoms with Gasteiger partial charge in [-0.3, -0.25) is 0 Å². The third-order valence-corrected chi connectivity index (χ3v) is 4.07. The van der Waals surface area contributed by atoms with Crippen LogP contribution in [0.5, 0.6) is 0 Å². The van der Waals surface area contributed by atoms with E-state index in [0.29, 0.717) is 11.2 Å². The number of rotatable bonds is 4. The van der Waals surface area contributed by atoms with Crippen LogP contribution in [0.25, 0.3) is 0 Å². The Morgan fingerprint density at radius 2 is 1.93 bits per heavy atom. The largest absolute Gasteiger partial charge is 0.303 e. The zero-order chi connectivity index (χ0) is 11.5. The number of carbonyl (C=O) groups excluding carboxylic acids is 1. The van der Waals surface area contributed by atoms with Crippen LogP contribution in [0.3, 0.4) is 0 Å². The molecule has 0 amide bonds. The van der Waals surface area contributed by atoms with E-state index in [1.54, 1.807) is 19.1 Å². The summed E-state index contributed by atoms with van der Waals surface area (Å²) in [7, 11) is -3.31. The maximum absolute atomic E-state index is 11.8. The molecule has 3 nitrogen and oxygen atoms in total. The Morgan fingerprint density at radius 3 is 2.53 bits per heavy atom. The van der Waals surface area contributed by atoms with Crippen LogP contribution in [0, 0.1) is 13.8 Å². The summed E-state index contributed by atoms with van der Waals surface area (Å²) >= 11 is 0. The molecule has 0 atom stereocenters. The molecule has 4 heteroatoms. The zero-order valence-electron chi connectivity index (χ0n) is 8.86. The van der Waals surface area contributed by atoms with Crippen molar-refractivity contribution in [1.82, 2.24) is 0 Å². The van der Waals surface area contributed by atoms with E-state index in [1.165, 1.54) is 0 Å². The van der Waals surface area contributed by atoms with Crippen LogP contribution in [0.2, 0.25) is 0 Å². The summed E-state index contributed by atoms with van der Waals surface area (Å²) in [6.07, 6.45) is 0.679. The fraction of sp³-hybridized carbons (Fsp3) is 0.364. The lowest BCUT2D eigenvalue weighted by Crippen LogP contribution is -2.09. The first-order chi connectivity index (χ1) is 6.97. The average molecular weight is 226 g/mol. The second-order valence-corrected chi connectivity index (χ2v) is 5.62. The molecule has 0 spiro atoms. The second kappa shape index (κ2) is 4.57. The van der Waals surface area contributed by atoms with Crippen LogP contribution < -0.4 is 0 Å². The number of hydrogen-bond donors (Lipinski definition) is 0. The molecule has 0 aliphatic heterocycles. The second-order valence-electron chi connectivity index (χ2n) is 3.54. The van der Waals surface area contributed by atoms with E-state index >= 15 is 0 Å². The molecule has 0 radical (unpaired) electrons. The zero-order valence-corrected chi connectivity index (χ0v) is 9.67. The van der Waals surface area contributed by atoms with Crippen molar-refractivity contribution in [2.75, 3.05) is 5.75 Å². The van der Waals surface area contributed by atoms with E-state index in [0.717, 1.165) is 11.1 Å². The highest BCUT2D eigenvalue weighted by Crippen LogP contribution is 2.18. The highest BCUT2D eigenvalue weighted by molar-refractivity contribution is 7.91. The molecule has 0 fully saturated rings. The van der Waals surface area contributed by atoms with Gasteiger partial charge in [0.25, 0.3) is 0 Å². The van der Waals surface area contributed by atoms with E-state index in [4.69, 9.17) is 0 Å². The number of aldehydes is 1. The minimum Gasteiger partial charge on any atom is -0.303 e. The van der Waals surface area contributed by atoms with Crippen molar-refractivity contribution < 1.29 is 13.2 Å². The third-order valence-electron chi connectivity index (χ3n) is 2.18. The number of aryl methyl sites for hydroxylation is 2. The average Bonchev–Trinajstić information content (AvgIpc) is 2.18. The first kappa shape index (κ1) is 11.9. The van der Waals surface area contributed by atoms with Gasteiger partial charge in [0, 0.05) is 6.42 Å². The molecular formula is C11H14O3S. The molecule has 0 aliphatic carbocycles. The van der Waals surface area contributed by atoms with E-state index in [2.05, 4.69) is 0 Å². The Bertz CT molecular complexity index is 461. The van der Waals surface area contributed by atoms with Crippen molar-refractivity contribution in [2.45, 2.75) is 25.2 Å². The smallest absolute Gasteiger partial charge is 0.179 e. The lowest BCUT2D eigenvalue weighted by Gasteiger charge is -2.07. The lowest BCUT2D eigenvalue weighted by atomic mass is 10.2. The first-order valence-corrected chi connectivity index (χ1v) is 6.36. The Hall–Kier alpha value is -1.16. The molecule has 1 rings (SSSR count). The molecule has 0 bridgehead atoms. The van der Waals surface area contributed by atoms with Gasteiger partial charge in [0.1, 0.15) is 6.29 Å². The number of benzene rings is 1. The number of sulfone groups is 1. The maximum atomic E-state index is 11.8. The molecule has 0 saturated heterocycles. The van der Waals surface area contributed by atoms with Crippen LogP contribution in [0.1, 0.15) is 17.5 Å². The molecule has 0 heterocycles. The fourth-order valence-corrected chi connectivity index (χ4v) is 2.91. The molecule has 82 valence electrons. The van der Waals surface area contributed by atoms with Crippen LogP contribution in [0.4, 0.5) is 0 Å². The quantitative estimate of drug-likeness (QED) is 0.734. The predicted octanol–water partition coefficient (Wildman–Crippen LogP) is 1.67. The Balaban J connectivity index is 3.14. The summed E-state index contributed by atoms with van der Waals surface area (Å²) in [6, 6.07) is 5.30. The van der Waals surface area contributed by atoms with Crippen molar-refractivity contribution in [1.29, 1.82) is 0 Å². The first-order valence-electron chi connectivity index (χ1n) is 4.71. The molecule has 0 aliphatic rings. The summed E-state index contributed by atoms with van der Waals surface area (Å²) < 4.78 is 23.6. The molecule has 15 heavy (non-hydrogen) atoms. The Kier molecular flexibility index (Phi) is 3.63. The van der Waals surface area contributed by atoms with Gasteiger partial charge < -0.3 is 4.79 Å². The summed E-state index contributed by atoms with van der Waals surface area (Å²) in [5, 5.41) is 0. The van der Waals surface area contributed by atoms with Gasteiger partial charge in [-0.2, -0.15) is 0 Å². The van der Waals surface area contributed by atoms with E-state index in [1.807, 2.05) is 13.0 Å². The van der Waals surface area contributed by atoms with Crippen molar-refractivity contribution in [3.05, 3.63) is 29.3 Å². The summed E-state index contributed by atoms with van der Waals surface area (Å²) in [4.78, 5) is 10.5. The molecule has 0 saturated carbocycles. The van der Waals surface area contributed by atoms with Crippen LogP contribution in [0.15, 0.2) is 23.1 Å². The predicted molar refractivity (Wildman–Crippen MR) is 58.6 cm³/mol. The number of hydrogen-bond acceptors (Lipinski definition) is 3. The van der Waals surface area contributed by atoms with Crippen molar-refractivity contribution in [3.8, 4) is 0 Å². The standard InChI is InChI=1S/C11H14O3S/c1-9-4-5-10(2)11(8-9)15(13,14)7-3-6-12/h4-6,8H,3,7H2,1-2H3. The normalized spacial score (nSPS) is 11.3. The van der Waals surface area contributed by atoms with E-state index in [9.17, 15) is 13.2 Å². The minimum atomic E-state index is -3.31. The van der Waals surface area contributed by atoms with E-state index < -0.39 is 9.84 Å². The van der Waals surface area contributed by atoms with Gasteiger partial charge in [-0.25, -0.2) is 8.42 Å². The molecule has 0 N–H and O–H groups in total. The minimum absolute atomic E-state index is 0.0513. The summed E-state index contributed by atoms with van der Waals surface area (Å²) in [5.74, 6) is -0.110. The SMILES string of the molecule is Cc1ccc(C)c(S(=O)(=O)CCC=O)c1. The molecular weight excluding hydrogens is 212 g/mol. The third kappa shape index (κ3) is 2.89. The van der Waals surface area contributed by atoms with Crippen LogP contribution in [-0.4, -0.2) is 20.5 Å². The van der Waals surface area contributed by atoms with E-state index in [-0.39, 0.29) is 12.2 Å². The highest BCUT2D eigenvalue weighted by Gasteiger charge is 2.16. The lowest BCUT2D eigenvalue weighted by molar-refractivity contribution is -0.107. The molecule has 1 aromatic rings. The highest BCUT2D eigenvalue weighted by atomic mass is 32.2. The van der Waals surface area contributed by atoms with Gasteiger partial charge in [0.2, 0.25) is 0 Å². The number of carbonyl (C=O) groups is 1. The Morgan fingerprint density at radius 1 is 1.27 bits per heavy atom. The fourth-order valence-electron chi connectivity index (χ4n) is 1.36. The van der Waals surface area contributed by atoms with Gasteiger partial charge in [-0.1, -0.05) is 12.1 Å². The monoisotopic (exact) mass is 226 g/mol. The van der Waals surface area contributed by atoms with Gasteiger partial charge in [-0.15, -0.1) is 0 Å². The van der Waals surface area contributed by atoms with Gasteiger partial charge in [0.15, 0.2) is 9.84 Å². The summed E-state index contributed by atoms with van der Waals surface area (Å²) in [6.45, 7) is 3.60.